The van der Waals surface area contributed by atoms with Gasteiger partial charge in [0.15, 0.2) is 12.7 Å². The molecule has 0 radical (unpaired) electrons. The van der Waals surface area contributed by atoms with Crippen molar-refractivity contribution in [3.05, 3.63) is 55.0 Å². The molecule has 1 unspecified atom stereocenters. The third kappa shape index (κ3) is 1.53. The second kappa shape index (κ2) is 3.15. The van der Waals surface area contributed by atoms with Crippen LogP contribution in [0.5, 0.6) is 0 Å². The van der Waals surface area contributed by atoms with E-state index in [9.17, 15) is 0 Å². The molecule has 1 aromatic heterocycles. The van der Waals surface area contributed by atoms with Crippen LogP contribution in [0.15, 0.2) is 55.0 Å². The normalized spacial score (nSPS) is 26.2. The molecule has 0 aliphatic carbocycles. The van der Waals surface area contributed by atoms with E-state index in [2.05, 4.69) is 60.7 Å². The fourth-order valence-electron chi connectivity index (χ4n) is 1.51. The average molecular weight is 174 g/mol. The molecule has 2 rings (SSSR count). The molecule has 1 atom stereocenters. The molecule has 1 aromatic rings. The van der Waals surface area contributed by atoms with Crippen LogP contribution in [0.25, 0.3) is 0 Å². The van der Waals surface area contributed by atoms with E-state index in [-0.39, 0.29) is 0 Å². The van der Waals surface area contributed by atoms with Gasteiger partial charge in [-0.1, -0.05) is 10.7 Å². The highest BCUT2D eigenvalue weighted by atomic mass is 15.7. The van der Waals surface area contributed by atoms with Crippen LogP contribution >= 0.6 is 0 Å². The van der Waals surface area contributed by atoms with Gasteiger partial charge in [0.05, 0.1) is 0 Å². The summed E-state index contributed by atoms with van der Waals surface area (Å²) < 4.78 is 2.97. The molecule has 0 N–H and O–H groups in total. The van der Waals surface area contributed by atoms with Gasteiger partial charge in [0.25, 0.3) is 0 Å². The maximum absolute atomic E-state index is 2.18. The quantitative estimate of drug-likeness (QED) is 0.444. The van der Waals surface area contributed by atoms with E-state index in [1.807, 2.05) is 6.07 Å². The Morgan fingerprint density at radius 2 is 1.85 bits per heavy atom. The van der Waals surface area contributed by atoms with Crippen LogP contribution in [0.3, 0.4) is 0 Å². The number of likely N-dealkylation sites (N-methyl/N-ethyl adjacent to an activating group) is 1. The summed E-state index contributed by atoms with van der Waals surface area (Å²) in [4.78, 5) is 0. The molecule has 2 heterocycles. The first kappa shape index (κ1) is 8.20. The number of allylic oxidation sites excluding steroid dienone is 2. The fourth-order valence-corrected chi connectivity index (χ4v) is 1.51. The van der Waals surface area contributed by atoms with Crippen molar-refractivity contribution in [2.45, 2.75) is 0 Å². The monoisotopic (exact) mass is 174 g/mol. The van der Waals surface area contributed by atoms with Gasteiger partial charge in [-0.05, 0) is 22.9 Å². The standard InChI is InChI=1S/C11H14N2/c1-13(10-6-3-7-11-13)12-8-4-2-5-9-12/h2-10H,11H2,1H3/q+2. The van der Waals surface area contributed by atoms with Crippen LogP contribution < -0.4 is 9.27 Å². The first-order chi connectivity index (χ1) is 6.31. The molecule has 0 saturated heterocycles. The molecule has 0 fully saturated rings. The van der Waals surface area contributed by atoms with Gasteiger partial charge >= 0.3 is 0 Å². The lowest BCUT2D eigenvalue weighted by Crippen LogP contribution is -2.69. The van der Waals surface area contributed by atoms with Crippen LogP contribution in [0.1, 0.15) is 0 Å². The molecule has 0 saturated carbocycles. The van der Waals surface area contributed by atoms with Crippen LogP contribution in [-0.2, 0) is 0 Å². The third-order valence-electron chi connectivity index (χ3n) is 2.36. The van der Waals surface area contributed by atoms with E-state index in [1.165, 1.54) is 0 Å². The number of hydrogen-bond acceptors (Lipinski definition) is 0. The summed E-state index contributed by atoms with van der Waals surface area (Å²) in [7, 11) is 2.18. The van der Waals surface area contributed by atoms with Crippen molar-refractivity contribution in [3.63, 3.8) is 0 Å². The summed E-state index contributed by atoms with van der Waals surface area (Å²) in [5, 5.41) is 0. The third-order valence-corrected chi connectivity index (χ3v) is 2.36. The van der Waals surface area contributed by atoms with Gasteiger partial charge in [-0.25, -0.2) is 0 Å². The van der Waals surface area contributed by atoms with Gasteiger partial charge in [0.2, 0.25) is 12.4 Å². The molecule has 0 amide bonds. The van der Waals surface area contributed by atoms with E-state index in [4.69, 9.17) is 0 Å². The maximum Gasteiger partial charge on any atom is 0.230 e. The largest absolute Gasteiger partial charge is 0.230 e. The highest BCUT2D eigenvalue weighted by Crippen LogP contribution is 2.00. The zero-order valence-electron chi connectivity index (χ0n) is 7.80. The second-order valence-electron chi connectivity index (χ2n) is 3.42. The minimum atomic E-state index is 0.789. The predicted octanol–water partition coefficient (Wildman–Crippen LogP) is 1.13. The lowest BCUT2D eigenvalue weighted by molar-refractivity contribution is -0.806. The van der Waals surface area contributed by atoms with E-state index in [1.54, 1.807) is 0 Å². The number of quaternary nitrogens is 1. The number of pyridine rings is 1. The molecule has 66 valence electrons. The van der Waals surface area contributed by atoms with E-state index in [0.717, 1.165) is 11.1 Å². The molecule has 2 nitrogen and oxygen atoms in total. The van der Waals surface area contributed by atoms with Crippen molar-refractivity contribution >= 4 is 0 Å². The van der Waals surface area contributed by atoms with E-state index >= 15 is 0 Å². The fraction of sp³-hybridized carbons (Fsp3) is 0.182. The number of hydrogen-bond donors (Lipinski definition) is 0. The Morgan fingerprint density at radius 3 is 2.46 bits per heavy atom. The zero-order chi connectivity index (χ0) is 9.15. The maximum atomic E-state index is 2.18. The molecule has 0 spiro atoms. The average Bonchev–Trinajstić information content (AvgIpc) is 2.20. The van der Waals surface area contributed by atoms with Crippen molar-refractivity contribution in [2.75, 3.05) is 13.6 Å². The van der Waals surface area contributed by atoms with Gasteiger partial charge in [-0.3, -0.25) is 0 Å². The summed E-state index contributed by atoms with van der Waals surface area (Å²) in [5.74, 6) is 0. The Morgan fingerprint density at radius 1 is 1.08 bits per heavy atom. The molecule has 0 bridgehead atoms. The summed E-state index contributed by atoms with van der Waals surface area (Å²) in [5.41, 5.74) is 0. The Labute approximate surface area is 78.6 Å². The van der Waals surface area contributed by atoms with Crippen LogP contribution in [0, 0.1) is 0 Å². The van der Waals surface area contributed by atoms with Crippen molar-refractivity contribution < 1.29 is 4.68 Å². The Hall–Kier alpha value is -1.41. The van der Waals surface area contributed by atoms with Crippen molar-refractivity contribution in [3.8, 4) is 0 Å². The molecular weight excluding hydrogens is 160 g/mol. The van der Waals surface area contributed by atoms with Crippen LogP contribution in [0.2, 0.25) is 0 Å². The second-order valence-corrected chi connectivity index (χ2v) is 3.42. The first-order valence-electron chi connectivity index (χ1n) is 4.48. The molecular formula is C11H14N2+2. The van der Waals surface area contributed by atoms with Crippen molar-refractivity contribution in [1.82, 2.24) is 4.59 Å². The van der Waals surface area contributed by atoms with E-state index in [0.29, 0.717) is 0 Å². The SMILES string of the molecule is C[N+]1([n+]2ccccc2)C=CC=CC1. The summed E-state index contributed by atoms with van der Waals surface area (Å²) in [6.07, 6.45) is 12.7. The Bertz CT molecular complexity index is 340. The minimum Gasteiger partial charge on any atom is -0.0720 e. The van der Waals surface area contributed by atoms with Crippen LogP contribution in [0.4, 0.5) is 0 Å². The molecule has 1 aliphatic heterocycles. The molecule has 2 heteroatoms. The van der Waals surface area contributed by atoms with Gasteiger partial charge in [0, 0.05) is 12.1 Å². The predicted molar refractivity (Wildman–Crippen MR) is 53.2 cm³/mol. The minimum absolute atomic E-state index is 0.789. The lowest BCUT2D eigenvalue weighted by atomic mass is 10.3. The summed E-state index contributed by atoms with van der Waals surface area (Å²) >= 11 is 0. The molecule has 0 aromatic carbocycles. The summed E-state index contributed by atoms with van der Waals surface area (Å²) in [6.45, 7) is 1.01. The molecule has 13 heavy (non-hydrogen) atoms. The number of nitrogens with zero attached hydrogens (tertiary/aromatic N) is 2. The Kier molecular flexibility index (Phi) is 1.99. The van der Waals surface area contributed by atoms with Gasteiger partial charge < -0.3 is 0 Å². The smallest absolute Gasteiger partial charge is 0.0720 e. The molecule has 1 aliphatic rings. The van der Waals surface area contributed by atoms with E-state index < -0.39 is 0 Å². The summed E-state index contributed by atoms with van der Waals surface area (Å²) in [6, 6.07) is 6.14. The number of aromatic nitrogens is 1. The highest BCUT2D eigenvalue weighted by Gasteiger charge is 2.28. The van der Waals surface area contributed by atoms with Crippen LogP contribution in [-0.4, -0.2) is 13.6 Å². The Balaban J connectivity index is 2.35. The lowest BCUT2D eigenvalue weighted by Gasteiger charge is -2.21. The van der Waals surface area contributed by atoms with Gasteiger partial charge in [-0.2, -0.15) is 0 Å². The number of rotatable bonds is 1. The topological polar surface area (TPSA) is 3.88 Å². The first-order valence-corrected chi connectivity index (χ1v) is 4.48. The van der Waals surface area contributed by atoms with Gasteiger partial charge in [-0.15, -0.1) is 0 Å². The van der Waals surface area contributed by atoms with Gasteiger partial charge in [0.1, 0.15) is 7.05 Å². The van der Waals surface area contributed by atoms with Crippen molar-refractivity contribution in [2.24, 2.45) is 0 Å². The highest BCUT2D eigenvalue weighted by molar-refractivity contribution is 5.11. The van der Waals surface area contributed by atoms with Crippen molar-refractivity contribution in [1.29, 1.82) is 0 Å². The zero-order valence-corrected chi connectivity index (χ0v) is 7.80.